The average Bonchev–Trinajstić information content (AvgIpc) is 2.64. The van der Waals surface area contributed by atoms with Crippen LogP contribution in [0.25, 0.3) is 0 Å². The van der Waals surface area contributed by atoms with Crippen molar-refractivity contribution in [3.8, 4) is 11.5 Å². The highest BCUT2D eigenvalue weighted by molar-refractivity contribution is 6.83. The predicted octanol–water partition coefficient (Wildman–Crippen LogP) is 3.22. The monoisotopic (exact) mass is 430 g/mol. The number of carbonyl (C=O) groups excluding carboxylic acids is 1. The maximum atomic E-state index is 12.6. The van der Waals surface area contributed by atoms with E-state index in [2.05, 4.69) is 42.9 Å². The van der Waals surface area contributed by atoms with E-state index in [-0.39, 0.29) is 12.1 Å². The van der Waals surface area contributed by atoms with E-state index in [4.69, 9.17) is 19.4 Å². The van der Waals surface area contributed by atoms with Crippen LogP contribution in [0.3, 0.4) is 0 Å². The van der Waals surface area contributed by atoms with Crippen molar-refractivity contribution in [3.63, 3.8) is 0 Å². The molecular formula is C22H34N4O3Si. The molecule has 3 rings (SSSR count). The van der Waals surface area contributed by atoms with E-state index in [9.17, 15) is 4.79 Å². The van der Waals surface area contributed by atoms with Crippen LogP contribution >= 0.6 is 0 Å². The lowest BCUT2D eigenvalue weighted by molar-refractivity contribution is 0.0220. The second kappa shape index (κ2) is 8.56. The third-order valence-electron chi connectivity index (χ3n) is 4.88. The van der Waals surface area contributed by atoms with E-state index >= 15 is 0 Å². The van der Waals surface area contributed by atoms with Crippen LogP contribution in [0.15, 0.2) is 0 Å². The summed E-state index contributed by atoms with van der Waals surface area (Å²) in [7, 11) is -1.56. The van der Waals surface area contributed by atoms with Crippen LogP contribution in [0.1, 0.15) is 44.8 Å². The van der Waals surface area contributed by atoms with Crippen molar-refractivity contribution in [3.05, 3.63) is 17.1 Å². The highest BCUT2D eigenvalue weighted by atomic mass is 28.3. The number of hydrogen-bond donors (Lipinski definition) is 0. The van der Waals surface area contributed by atoms with Gasteiger partial charge in [0.15, 0.2) is 0 Å². The van der Waals surface area contributed by atoms with Gasteiger partial charge in [-0.2, -0.15) is 0 Å². The highest BCUT2D eigenvalue weighted by Gasteiger charge is 2.31. The zero-order chi connectivity index (χ0) is 22.1. The Labute approximate surface area is 181 Å². The first-order valence-electron chi connectivity index (χ1n) is 10.7. The second-order valence-electron chi connectivity index (χ2n) is 10.1. The first-order valence-corrected chi connectivity index (χ1v) is 14.2. The molecular weight excluding hydrogens is 396 g/mol. The van der Waals surface area contributed by atoms with Crippen LogP contribution in [-0.2, 0) is 22.4 Å². The van der Waals surface area contributed by atoms with Crippen molar-refractivity contribution in [2.45, 2.75) is 71.9 Å². The maximum Gasteiger partial charge on any atom is 0.410 e. The predicted molar refractivity (Wildman–Crippen MR) is 120 cm³/mol. The number of morpholine rings is 1. The van der Waals surface area contributed by atoms with Gasteiger partial charge in [-0.05, 0) is 40.0 Å². The molecule has 2 aliphatic rings. The summed E-state index contributed by atoms with van der Waals surface area (Å²) in [6, 6.07) is 0.236. The fourth-order valence-electron chi connectivity index (χ4n) is 3.47. The molecule has 30 heavy (non-hydrogen) atoms. The van der Waals surface area contributed by atoms with E-state index in [1.54, 1.807) is 4.90 Å². The summed E-state index contributed by atoms with van der Waals surface area (Å²) in [5.74, 6) is 4.69. The fraction of sp³-hybridized carbons (Fsp3) is 0.682. The summed E-state index contributed by atoms with van der Waals surface area (Å²) < 4.78 is 11.2. The van der Waals surface area contributed by atoms with Gasteiger partial charge in [0.2, 0.25) is 5.82 Å². The lowest BCUT2D eigenvalue weighted by atomic mass is 10.0. The molecule has 0 radical (unpaired) electrons. The van der Waals surface area contributed by atoms with E-state index < -0.39 is 13.7 Å². The van der Waals surface area contributed by atoms with E-state index in [0.717, 1.165) is 23.6 Å². The fourth-order valence-corrected chi connectivity index (χ4v) is 3.96. The number of amides is 1. The molecule has 7 nitrogen and oxygen atoms in total. The zero-order valence-corrected chi connectivity index (χ0v) is 20.3. The normalized spacial score (nSPS) is 19.6. The molecule has 2 aliphatic heterocycles. The quantitative estimate of drug-likeness (QED) is 0.503. The molecule has 1 amide bonds. The van der Waals surface area contributed by atoms with Crippen LogP contribution in [0.5, 0.6) is 0 Å². The molecule has 8 heteroatoms. The Morgan fingerprint density at radius 1 is 1.23 bits per heavy atom. The lowest BCUT2D eigenvalue weighted by Crippen LogP contribution is -2.46. The summed E-state index contributed by atoms with van der Waals surface area (Å²) >= 11 is 0. The van der Waals surface area contributed by atoms with Crippen LogP contribution in [0, 0.1) is 11.5 Å². The van der Waals surface area contributed by atoms with Crippen LogP contribution in [0.2, 0.25) is 19.6 Å². The first kappa shape index (κ1) is 22.6. The molecule has 0 bridgehead atoms. The maximum absolute atomic E-state index is 12.6. The minimum absolute atomic E-state index is 0.236. The molecule has 0 N–H and O–H groups in total. The summed E-state index contributed by atoms with van der Waals surface area (Å²) in [6.07, 6.45) is 0.401. The van der Waals surface area contributed by atoms with Crippen molar-refractivity contribution in [1.82, 2.24) is 14.9 Å². The van der Waals surface area contributed by atoms with Crippen LogP contribution in [0.4, 0.5) is 10.6 Å². The van der Waals surface area contributed by atoms with Gasteiger partial charge in [0.1, 0.15) is 19.5 Å². The van der Waals surface area contributed by atoms with Gasteiger partial charge in [0.05, 0.1) is 31.5 Å². The summed E-state index contributed by atoms with van der Waals surface area (Å²) in [5, 5.41) is 0. The number of rotatable bonds is 1. The summed E-state index contributed by atoms with van der Waals surface area (Å²) in [6.45, 7) is 17.6. The molecule has 0 aliphatic carbocycles. The number of anilines is 1. The molecule has 1 atom stereocenters. The van der Waals surface area contributed by atoms with Gasteiger partial charge in [-0.15, -0.1) is 5.54 Å². The number of nitrogens with zero attached hydrogens (tertiary/aromatic N) is 4. The Hall–Kier alpha value is -2.11. The minimum atomic E-state index is -1.56. The smallest absolute Gasteiger partial charge is 0.410 e. The molecule has 0 spiro atoms. The number of aromatic nitrogens is 2. The standard InChI is InChI=1S/C22H34N4O3Si/c1-16-15-28-12-11-26(16)20-17-8-10-25(21(27)29-22(2,3)4)14-18(17)23-19(24-20)9-13-30(5,6)7/h16H,8,10-12,14-15H2,1-7H3/t16-/m0/s1. The minimum Gasteiger partial charge on any atom is -0.444 e. The Bertz CT molecular complexity index is 864. The third-order valence-corrected chi connectivity index (χ3v) is 5.76. The molecule has 0 saturated carbocycles. The van der Waals surface area contributed by atoms with Gasteiger partial charge in [0.25, 0.3) is 0 Å². The SMILES string of the molecule is C[C@H]1COCCN1c1nc(C#C[Si](C)(C)C)nc2c1CCN(C(=O)OC(C)(C)C)C2. The average molecular weight is 431 g/mol. The molecule has 164 valence electrons. The van der Waals surface area contributed by atoms with E-state index in [0.29, 0.717) is 38.5 Å². The molecule has 0 unspecified atom stereocenters. The van der Waals surface area contributed by atoms with E-state index in [1.165, 1.54) is 0 Å². The van der Waals surface area contributed by atoms with E-state index in [1.807, 2.05) is 20.8 Å². The molecule has 3 heterocycles. The second-order valence-corrected chi connectivity index (χ2v) is 14.8. The number of hydrogen-bond acceptors (Lipinski definition) is 6. The molecule has 0 aromatic carbocycles. The highest BCUT2D eigenvalue weighted by Crippen LogP contribution is 2.29. The Morgan fingerprint density at radius 2 is 1.97 bits per heavy atom. The number of fused-ring (bicyclic) bond motifs is 1. The van der Waals surface area contributed by atoms with Crippen LogP contribution < -0.4 is 4.90 Å². The van der Waals surface area contributed by atoms with Gasteiger partial charge in [-0.25, -0.2) is 14.8 Å². The van der Waals surface area contributed by atoms with Gasteiger partial charge in [-0.1, -0.05) is 19.6 Å². The third kappa shape index (κ3) is 5.73. The van der Waals surface area contributed by atoms with Crippen LogP contribution in [-0.4, -0.2) is 67.0 Å². The van der Waals surface area contributed by atoms with Crippen molar-refractivity contribution in [1.29, 1.82) is 0 Å². The largest absolute Gasteiger partial charge is 0.444 e. The number of carbonyl (C=O) groups is 1. The molecule has 1 fully saturated rings. The van der Waals surface area contributed by atoms with Gasteiger partial charge in [0, 0.05) is 18.7 Å². The van der Waals surface area contributed by atoms with Gasteiger partial charge in [-0.3, -0.25) is 0 Å². The lowest BCUT2D eigenvalue weighted by Gasteiger charge is -2.37. The van der Waals surface area contributed by atoms with Gasteiger partial charge >= 0.3 is 6.09 Å². The van der Waals surface area contributed by atoms with Crippen molar-refractivity contribution >= 4 is 20.0 Å². The van der Waals surface area contributed by atoms with Crippen molar-refractivity contribution in [2.75, 3.05) is 31.2 Å². The molecule has 1 aromatic rings. The first-order chi connectivity index (χ1) is 13.9. The van der Waals surface area contributed by atoms with Crippen molar-refractivity contribution < 1.29 is 14.3 Å². The Morgan fingerprint density at radius 3 is 2.60 bits per heavy atom. The topological polar surface area (TPSA) is 67.8 Å². The number of ether oxygens (including phenoxy) is 2. The Kier molecular flexibility index (Phi) is 6.44. The molecule has 1 saturated heterocycles. The van der Waals surface area contributed by atoms with Gasteiger partial charge < -0.3 is 19.3 Å². The zero-order valence-electron chi connectivity index (χ0n) is 19.3. The Balaban J connectivity index is 1.97. The van der Waals surface area contributed by atoms with Crippen molar-refractivity contribution in [2.24, 2.45) is 0 Å². The summed E-state index contributed by atoms with van der Waals surface area (Å²) in [4.78, 5) is 26.3. The molecule has 1 aromatic heterocycles. The summed E-state index contributed by atoms with van der Waals surface area (Å²) in [5.41, 5.74) is 4.83.